The fourth-order valence-corrected chi connectivity index (χ4v) is 3.23. The average Bonchev–Trinajstić information content (AvgIpc) is 3.17. The number of nitrogens with zero attached hydrogens (tertiary/aromatic N) is 2. The van der Waals surface area contributed by atoms with Crippen LogP contribution in [0.5, 0.6) is 0 Å². The van der Waals surface area contributed by atoms with Crippen molar-refractivity contribution in [3.63, 3.8) is 0 Å². The number of hydrogen-bond acceptors (Lipinski definition) is 4. The Bertz CT molecular complexity index is 762. The number of aromatic nitrogens is 1. The first-order valence-corrected chi connectivity index (χ1v) is 8.65. The summed E-state index contributed by atoms with van der Waals surface area (Å²) in [5.41, 5.74) is 3.27. The molecule has 1 aromatic carbocycles. The lowest BCUT2D eigenvalue weighted by molar-refractivity contribution is -0.127. The summed E-state index contributed by atoms with van der Waals surface area (Å²) < 4.78 is 5.20. The van der Waals surface area contributed by atoms with Crippen molar-refractivity contribution in [3.05, 3.63) is 41.3 Å². The standard InChI is InChI=1S/C19H23N3O3/c1-13-18(14(2)25-21-13)15-6-3-7-16(12-15)19(24)20-9-5-11-22-10-4-8-17(22)23/h3,6-7,12H,4-5,8-11H2,1-2H3,(H,20,24). The SMILES string of the molecule is Cc1noc(C)c1-c1cccc(C(=O)NCCCN2CCCC2=O)c1. The number of carbonyl (C=O) groups is 2. The van der Waals surface area contributed by atoms with Crippen LogP contribution in [0.25, 0.3) is 11.1 Å². The van der Waals surface area contributed by atoms with Crippen molar-refractivity contribution in [2.45, 2.75) is 33.1 Å². The van der Waals surface area contributed by atoms with Gasteiger partial charge in [-0.25, -0.2) is 0 Å². The predicted molar refractivity (Wildman–Crippen MR) is 94.2 cm³/mol. The molecule has 6 heteroatoms. The number of nitrogens with one attached hydrogen (secondary N) is 1. The van der Waals surface area contributed by atoms with E-state index in [9.17, 15) is 9.59 Å². The molecule has 6 nitrogen and oxygen atoms in total. The molecule has 0 unspecified atom stereocenters. The van der Waals surface area contributed by atoms with Gasteiger partial charge >= 0.3 is 0 Å². The molecule has 2 amide bonds. The van der Waals surface area contributed by atoms with Crippen molar-refractivity contribution in [2.75, 3.05) is 19.6 Å². The third kappa shape index (κ3) is 3.90. The first-order valence-electron chi connectivity index (χ1n) is 8.65. The number of rotatable bonds is 6. The van der Waals surface area contributed by atoms with Gasteiger partial charge in [-0.1, -0.05) is 17.3 Å². The second-order valence-corrected chi connectivity index (χ2v) is 6.37. The van der Waals surface area contributed by atoms with Crippen LogP contribution in [0.4, 0.5) is 0 Å². The number of benzene rings is 1. The predicted octanol–water partition coefficient (Wildman–Crippen LogP) is 2.70. The molecule has 0 bridgehead atoms. The molecule has 25 heavy (non-hydrogen) atoms. The van der Waals surface area contributed by atoms with Crippen LogP contribution in [0.15, 0.2) is 28.8 Å². The molecule has 1 aliphatic heterocycles. The zero-order valence-corrected chi connectivity index (χ0v) is 14.7. The Labute approximate surface area is 147 Å². The Balaban J connectivity index is 1.57. The van der Waals surface area contributed by atoms with Crippen molar-refractivity contribution in [2.24, 2.45) is 0 Å². The van der Waals surface area contributed by atoms with Crippen molar-refractivity contribution in [1.29, 1.82) is 0 Å². The molecular formula is C19H23N3O3. The van der Waals surface area contributed by atoms with Crippen molar-refractivity contribution in [1.82, 2.24) is 15.4 Å². The molecule has 2 aromatic rings. The van der Waals surface area contributed by atoms with E-state index in [1.807, 2.05) is 36.9 Å². The van der Waals surface area contributed by atoms with Crippen LogP contribution in [0, 0.1) is 13.8 Å². The Morgan fingerprint density at radius 1 is 1.36 bits per heavy atom. The molecule has 1 aliphatic rings. The van der Waals surface area contributed by atoms with Gasteiger partial charge in [0.2, 0.25) is 5.91 Å². The lowest BCUT2D eigenvalue weighted by Gasteiger charge is -2.15. The van der Waals surface area contributed by atoms with E-state index in [0.717, 1.165) is 42.0 Å². The fourth-order valence-electron chi connectivity index (χ4n) is 3.23. The molecule has 132 valence electrons. The summed E-state index contributed by atoms with van der Waals surface area (Å²) in [4.78, 5) is 25.8. The lowest BCUT2D eigenvalue weighted by Crippen LogP contribution is -2.30. The molecule has 2 heterocycles. The highest BCUT2D eigenvalue weighted by Crippen LogP contribution is 2.27. The normalized spacial score (nSPS) is 14.2. The van der Waals surface area contributed by atoms with Crippen molar-refractivity contribution >= 4 is 11.8 Å². The first-order chi connectivity index (χ1) is 12.1. The van der Waals surface area contributed by atoms with Gasteiger partial charge in [0.25, 0.3) is 5.91 Å². The van der Waals surface area contributed by atoms with Crippen LogP contribution in [-0.4, -0.2) is 41.5 Å². The second-order valence-electron chi connectivity index (χ2n) is 6.37. The summed E-state index contributed by atoms with van der Waals surface area (Å²) in [6, 6.07) is 7.45. The zero-order valence-electron chi connectivity index (χ0n) is 14.7. The Morgan fingerprint density at radius 2 is 2.20 bits per heavy atom. The summed E-state index contributed by atoms with van der Waals surface area (Å²) in [7, 11) is 0. The molecule has 0 radical (unpaired) electrons. The minimum Gasteiger partial charge on any atom is -0.361 e. The van der Waals surface area contributed by atoms with Crippen LogP contribution in [0.3, 0.4) is 0 Å². The summed E-state index contributed by atoms with van der Waals surface area (Å²) in [6.07, 6.45) is 2.36. The van der Waals surface area contributed by atoms with Gasteiger partial charge < -0.3 is 14.7 Å². The van der Waals surface area contributed by atoms with Crippen LogP contribution in [-0.2, 0) is 4.79 Å². The van der Waals surface area contributed by atoms with E-state index < -0.39 is 0 Å². The number of carbonyl (C=O) groups excluding carboxylic acids is 2. The van der Waals surface area contributed by atoms with Crippen molar-refractivity contribution < 1.29 is 14.1 Å². The van der Waals surface area contributed by atoms with Gasteiger partial charge in [0.1, 0.15) is 5.76 Å². The van der Waals surface area contributed by atoms with Gasteiger partial charge in [0, 0.05) is 37.2 Å². The maximum atomic E-state index is 12.4. The van der Waals surface area contributed by atoms with Crippen LogP contribution in [0.1, 0.15) is 41.1 Å². The fraction of sp³-hybridized carbons (Fsp3) is 0.421. The first kappa shape index (κ1) is 17.2. The molecule has 3 rings (SSSR count). The third-order valence-corrected chi connectivity index (χ3v) is 4.51. The summed E-state index contributed by atoms with van der Waals surface area (Å²) in [6.45, 7) is 5.85. The highest BCUT2D eigenvalue weighted by atomic mass is 16.5. The minimum atomic E-state index is -0.110. The minimum absolute atomic E-state index is 0.110. The van der Waals surface area contributed by atoms with E-state index in [0.29, 0.717) is 25.1 Å². The third-order valence-electron chi connectivity index (χ3n) is 4.51. The second kappa shape index (κ2) is 7.51. The Kier molecular flexibility index (Phi) is 5.16. The summed E-state index contributed by atoms with van der Waals surface area (Å²) >= 11 is 0. The molecule has 1 saturated heterocycles. The average molecular weight is 341 g/mol. The molecule has 1 aromatic heterocycles. The van der Waals surface area contributed by atoms with Gasteiger partial charge in [0.05, 0.1) is 5.69 Å². The maximum absolute atomic E-state index is 12.4. The molecule has 1 N–H and O–H groups in total. The molecule has 0 aliphatic carbocycles. The van der Waals surface area contributed by atoms with Gasteiger partial charge in [-0.2, -0.15) is 0 Å². The highest BCUT2D eigenvalue weighted by molar-refractivity contribution is 5.95. The molecular weight excluding hydrogens is 318 g/mol. The Morgan fingerprint density at radius 3 is 2.88 bits per heavy atom. The highest BCUT2D eigenvalue weighted by Gasteiger charge is 2.19. The topological polar surface area (TPSA) is 75.4 Å². The zero-order chi connectivity index (χ0) is 17.8. The smallest absolute Gasteiger partial charge is 0.251 e. The van der Waals surface area contributed by atoms with E-state index in [2.05, 4.69) is 10.5 Å². The number of hydrogen-bond donors (Lipinski definition) is 1. The van der Waals surface area contributed by atoms with Crippen LogP contribution >= 0.6 is 0 Å². The number of aryl methyl sites for hydroxylation is 2. The number of amides is 2. The van der Waals surface area contributed by atoms with Gasteiger partial charge in [-0.3, -0.25) is 9.59 Å². The van der Waals surface area contributed by atoms with E-state index in [1.165, 1.54) is 0 Å². The number of likely N-dealkylation sites (tertiary alicyclic amines) is 1. The summed E-state index contributed by atoms with van der Waals surface area (Å²) in [5.74, 6) is 0.852. The maximum Gasteiger partial charge on any atom is 0.251 e. The molecule has 0 saturated carbocycles. The van der Waals surface area contributed by atoms with E-state index in [4.69, 9.17) is 4.52 Å². The van der Waals surface area contributed by atoms with E-state index >= 15 is 0 Å². The molecule has 1 fully saturated rings. The van der Waals surface area contributed by atoms with E-state index in [-0.39, 0.29) is 11.8 Å². The van der Waals surface area contributed by atoms with Crippen molar-refractivity contribution in [3.8, 4) is 11.1 Å². The van der Waals surface area contributed by atoms with Gasteiger partial charge in [-0.05, 0) is 44.4 Å². The molecule has 0 spiro atoms. The summed E-state index contributed by atoms with van der Waals surface area (Å²) in [5, 5.41) is 6.89. The van der Waals surface area contributed by atoms with Gasteiger partial charge in [0.15, 0.2) is 0 Å². The van der Waals surface area contributed by atoms with Gasteiger partial charge in [-0.15, -0.1) is 0 Å². The molecule has 0 atom stereocenters. The monoisotopic (exact) mass is 341 g/mol. The quantitative estimate of drug-likeness (QED) is 0.820. The Hall–Kier alpha value is -2.63. The van der Waals surface area contributed by atoms with E-state index in [1.54, 1.807) is 6.07 Å². The lowest BCUT2D eigenvalue weighted by atomic mass is 10.0. The van der Waals surface area contributed by atoms with Crippen LogP contribution < -0.4 is 5.32 Å². The van der Waals surface area contributed by atoms with Crippen LogP contribution in [0.2, 0.25) is 0 Å². The largest absolute Gasteiger partial charge is 0.361 e.